The Labute approximate surface area is 183 Å². The van der Waals surface area contributed by atoms with Crippen LogP contribution < -0.4 is 15.7 Å². The van der Waals surface area contributed by atoms with Crippen molar-refractivity contribution in [3.05, 3.63) is 72.8 Å². The Hall–Kier alpha value is -2.49. The van der Waals surface area contributed by atoms with Crippen molar-refractivity contribution in [1.29, 1.82) is 0 Å². The van der Waals surface area contributed by atoms with E-state index in [0.717, 1.165) is 5.75 Å². The first-order chi connectivity index (χ1) is 14.3. The predicted octanol–water partition coefficient (Wildman–Crippen LogP) is 5.59. The van der Waals surface area contributed by atoms with Crippen molar-refractivity contribution in [2.45, 2.75) is 72.2 Å². The highest BCUT2D eigenvalue weighted by molar-refractivity contribution is 6.85. The molecule has 3 nitrogen and oxygen atoms in total. The summed E-state index contributed by atoms with van der Waals surface area (Å²) in [5.41, 5.74) is 4.08. The fourth-order valence-corrected chi connectivity index (χ4v) is 3.39. The number of nitrogens with zero attached hydrogens (tertiary/aromatic N) is 1. The maximum absolute atomic E-state index is 6.03. The molecule has 0 unspecified atom stereocenters. The van der Waals surface area contributed by atoms with Crippen LogP contribution in [-0.2, 0) is 5.41 Å². The summed E-state index contributed by atoms with van der Waals surface area (Å²) in [5, 5.41) is 0. The lowest BCUT2D eigenvalue weighted by molar-refractivity contribution is 0.244. The number of H-pyrrole nitrogens is 1. The first-order valence-electron chi connectivity index (χ1n) is 11.1. The second-order valence-electron chi connectivity index (χ2n) is 9.03. The van der Waals surface area contributed by atoms with Gasteiger partial charge in [0, 0.05) is 17.3 Å². The fraction of sp³-hybridized carbons (Fsp3) is 0.423. The minimum Gasteiger partial charge on any atom is -0.492 e. The average molecular weight is 404 g/mol. The van der Waals surface area contributed by atoms with Crippen LogP contribution in [0.15, 0.2) is 67.1 Å². The van der Waals surface area contributed by atoms with Gasteiger partial charge in [-0.05, 0) is 25.4 Å². The van der Waals surface area contributed by atoms with Crippen LogP contribution in [0, 0.1) is 0 Å². The molecular formula is C26H37BN2O. The summed E-state index contributed by atoms with van der Waals surface area (Å²) >= 11 is 0. The van der Waals surface area contributed by atoms with E-state index in [1.165, 1.54) is 35.8 Å². The highest BCUT2D eigenvalue weighted by Gasteiger charge is 2.22. The molecular weight excluding hydrogens is 367 g/mol. The lowest BCUT2D eigenvalue weighted by Gasteiger charge is -2.20. The maximum Gasteiger partial charge on any atom is 0.214 e. The number of aromatic nitrogens is 2. The molecule has 1 aromatic heterocycles. The molecule has 1 N–H and O–H groups in total. The Balaban J connectivity index is 0.000000297. The average Bonchev–Trinajstić information content (AvgIpc) is 3.26. The van der Waals surface area contributed by atoms with E-state index >= 15 is 0 Å². The van der Waals surface area contributed by atoms with Gasteiger partial charge < -0.3 is 9.72 Å². The molecule has 0 fully saturated rings. The van der Waals surface area contributed by atoms with Crippen molar-refractivity contribution in [1.82, 2.24) is 9.97 Å². The zero-order chi connectivity index (χ0) is 22.0. The Morgan fingerprint density at radius 3 is 2.20 bits per heavy atom. The monoisotopic (exact) mass is 404 g/mol. The number of benzene rings is 2. The summed E-state index contributed by atoms with van der Waals surface area (Å²) in [4.78, 5) is 7.00. The normalized spacial score (nSPS) is 11.0. The molecule has 0 aliphatic heterocycles. The number of nitrogens with one attached hydrogen (secondary N) is 1. The Bertz CT molecular complexity index is 839. The molecule has 1 heterocycles. The minimum absolute atomic E-state index is 0.203. The van der Waals surface area contributed by atoms with E-state index in [2.05, 4.69) is 106 Å². The van der Waals surface area contributed by atoms with E-state index in [0.29, 0.717) is 6.71 Å². The molecule has 30 heavy (non-hydrogen) atoms. The molecule has 0 spiro atoms. The van der Waals surface area contributed by atoms with Crippen molar-refractivity contribution in [3.63, 3.8) is 0 Å². The molecule has 0 amide bonds. The van der Waals surface area contributed by atoms with Crippen molar-refractivity contribution in [2.75, 3.05) is 0 Å². The lowest BCUT2D eigenvalue weighted by atomic mass is 9.38. The zero-order valence-corrected chi connectivity index (χ0v) is 19.5. The molecule has 0 bridgehead atoms. The van der Waals surface area contributed by atoms with Crippen molar-refractivity contribution in [3.8, 4) is 5.75 Å². The Morgan fingerprint density at radius 1 is 1.00 bits per heavy atom. The number of hydrogen-bond acceptors (Lipinski definition) is 2. The molecule has 0 aliphatic carbocycles. The number of hydrogen-bond donors (Lipinski definition) is 1. The topological polar surface area (TPSA) is 37.9 Å². The highest BCUT2D eigenvalue weighted by Crippen LogP contribution is 2.18. The second-order valence-corrected chi connectivity index (χ2v) is 9.03. The molecule has 0 atom stereocenters. The van der Waals surface area contributed by atoms with Crippen LogP contribution in [-0.4, -0.2) is 22.8 Å². The summed E-state index contributed by atoms with van der Waals surface area (Å²) in [6.07, 6.45) is 7.39. The molecule has 0 saturated carbocycles. The molecule has 0 saturated heterocycles. The van der Waals surface area contributed by atoms with Crippen LogP contribution in [0.1, 0.15) is 60.1 Å². The largest absolute Gasteiger partial charge is 0.492 e. The highest BCUT2D eigenvalue weighted by atomic mass is 16.5. The van der Waals surface area contributed by atoms with Crippen LogP contribution >= 0.6 is 0 Å². The number of ether oxygens (including phenoxy) is 1. The van der Waals surface area contributed by atoms with Gasteiger partial charge in [-0.15, -0.1) is 0 Å². The predicted molar refractivity (Wildman–Crippen MR) is 131 cm³/mol. The van der Waals surface area contributed by atoms with Crippen LogP contribution in [0.2, 0.25) is 6.32 Å². The number of para-hydroxylation sites is 1. The van der Waals surface area contributed by atoms with Gasteiger partial charge in [0.05, 0.1) is 12.4 Å². The van der Waals surface area contributed by atoms with Gasteiger partial charge in [0.1, 0.15) is 5.75 Å². The lowest BCUT2D eigenvalue weighted by Crippen LogP contribution is -2.42. The van der Waals surface area contributed by atoms with Gasteiger partial charge in [-0.1, -0.05) is 101 Å². The maximum atomic E-state index is 6.03. The number of aromatic amines is 1. The molecule has 0 radical (unpaired) electrons. The van der Waals surface area contributed by atoms with Gasteiger partial charge in [0.15, 0.2) is 0 Å². The fourth-order valence-electron chi connectivity index (χ4n) is 3.39. The minimum atomic E-state index is 0.203. The standard InChI is InChI=1S/C19H25BO.C7H12N2/c1-4-5-15-20(17-11-7-6-8-12-17)18-13-9-10-14-19(18)21-16(2)3;1-7(2,3)6-4-8-5-9-6/h6-14,16H,4-5,15H2,1-3H3;4-5H,1-3H3,(H,8,9). The van der Waals surface area contributed by atoms with Crippen molar-refractivity contribution < 1.29 is 4.74 Å². The summed E-state index contributed by atoms with van der Waals surface area (Å²) in [7, 11) is 0. The zero-order valence-electron chi connectivity index (χ0n) is 19.5. The van der Waals surface area contributed by atoms with Crippen LogP contribution in [0.3, 0.4) is 0 Å². The molecule has 0 aliphatic rings. The van der Waals surface area contributed by atoms with Gasteiger partial charge in [-0.2, -0.15) is 0 Å². The van der Waals surface area contributed by atoms with Gasteiger partial charge in [0.2, 0.25) is 6.71 Å². The molecule has 3 rings (SSSR count). The van der Waals surface area contributed by atoms with E-state index < -0.39 is 0 Å². The van der Waals surface area contributed by atoms with Crippen LogP contribution in [0.5, 0.6) is 5.75 Å². The Kier molecular flexibility index (Phi) is 9.23. The quantitative estimate of drug-likeness (QED) is 0.521. The van der Waals surface area contributed by atoms with Crippen LogP contribution in [0.25, 0.3) is 0 Å². The number of rotatable bonds is 7. The van der Waals surface area contributed by atoms with E-state index in [4.69, 9.17) is 4.74 Å². The third kappa shape index (κ3) is 7.40. The molecule has 4 heteroatoms. The van der Waals surface area contributed by atoms with Gasteiger partial charge in [-0.25, -0.2) is 4.98 Å². The number of unbranched alkanes of at least 4 members (excludes halogenated alkanes) is 1. The van der Waals surface area contributed by atoms with Gasteiger partial charge >= 0.3 is 0 Å². The van der Waals surface area contributed by atoms with Gasteiger partial charge in [0.25, 0.3) is 0 Å². The van der Waals surface area contributed by atoms with Crippen molar-refractivity contribution >= 4 is 17.6 Å². The molecule has 3 aromatic rings. The van der Waals surface area contributed by atoms with E-state index in [9.17, 15) is 0 Å². The van der Waals surface area contributed by atoms with E-state index in [1.807, 2.05) is 6.20 Å². The van der Waals surface area contributed by atoms with E-state index in [1.54, 1.807) is 6.33 Å². The summed E-state index contributed by atoms with van der Waals surface area (Å²) in [6.45, 7) is 13.3. The van der Waals surface area contributed by atoms with Crippen LogP contribution in [0.4, 0.5) is 0 Å². The summed E-state index contributed by atoms with van der Waals surface area (Å²) in [6, 6.07) is 19.3. The molecule has 160 valence electrons. The third-order valence-corrected chi connectivity index (χ3v) is 5.01. The first kappa shape index (κ1) is 23.8. The second kappa shape index (κ2) is 11.6. The summed E-state index contributed by atoms with van der Waals surface area (Å²) in [5.74, 6) is 1.03. The number of imidazole rings is 1. The Morgan fingerprint density at radius 2 is 1.67 bits per heavy atom. The van der Waals surface area contributed by atoms with E-state index in [-0.39, 0.29) is 11.5 Å². The van der Waals surface area contributed by atoms with Crippen molar-refractivity contribution in [2.24, 2.45) is 0 Å². The SMILES string of the molecule is CC(C)(C)c1cnc[nH]1.CCCCB(c1ccccc1)c1ccccc1OC(C)C. The smallest absolute Gasteiger partial charge is 0.214 e. The van der Waals surface area contributed by atoms with Gasteiger partial charge in [-0.3, -0.25) is 0 Å². The molecule has 2 aromatic carbocycles. The third-order valence-electron chi connectivity index (χ3n) is 5.01. The first-order valence-corrected chi connectivity index (χ1v) is 11.1. The summed E-state index contributed by atoms with van der Waals surface area (Å²) < 4.78 is 6.03.